The van der Waals surface area contributed by atoms with Gasteiger partial charge in [-0.1, -0.05) is 30.3 Å². The molecule has 2 amide bonds. The third-order valence-corrected chi connectivity index (χ3v) is 9.44. The molecule has 1 aromatic heterocycles. The molecule has 14 heteroatoms. The van der Waals surface area contributed by atoms with E-state index in [1.54, 1.807) is 7.11 Å². The number of carbonyl (C=O) groups excluding carboxylic acids is 1. The van der Waals surface area contributed by atoms with Crippen molar-refractivity contribution in [3.63, 3.8) is 0 Å². The van der Waals surface area contributed by atoms with Gasteiger partial charge in [0.2, 0.25) is 0 Å². The van der Waals surface area contributed by atoms with Gasteiger partial charge in [-0.3, -0.25) is 13.6 Å². The van der Waals surface area contributed by atoms with E-state index in [1.807, 2.05) is 66.7 Å². The first kappa shape index (κ1) is 35.1. The second-order valence-corrected chi connectivity index (χ2v) is 13.1. The molecule has 1 aliphatic rings. The predicted octanol–water partition coefficient (Wildman–Crippen LogP) is 6.59. The Morgan fingerprint density at radius 3 is 2.33 bits per heavy atom. The van der Waals surface area contributed by atoms with Crippen molar-refractivity contribution >= 4 is 41.9 Å². The molecule has 5 rings (SSSR count). The number of phosphoric acid groups is 1. The Morgan fingerprint density at radius 2 is 1.65 bits per heavy atom. The molecule has 0 atom stereocenters. The number of hydrogen-bond acceptors (Lipinski definition) is 11. The number of piperidine rings is 1. The summed E-state index contributed by atoms with van der Waals surface area (Å²) >= 11 is 0. The molecule has 0 bridgehead atoms. The van der Waals surface area contributed by atoms with Gasteiger partial charge in [0.1, 0.15) is 23.6 Å². The predicted molar refractivity (Wildman–Crippen MR) is 186 cm³/mol. The molecule has 0 radical (unpaired) electrons. The van der Waals surface area contributed by atoms with Crippen LogP contribution in [0.3, 0.4) is 0 Å². The molecule has 1 saturated heterocycles. The standard InChI is InChI=1S/C34H43N6O7P/c1-43-31-23-29(46-21-7-18-40-19-15-28(16-20-40)47-48(42,44-2)45-3)22-30-32(31)33(37-24-36-30)35-17-14-25-10-12-27(13-11-25)39-34(41)38-26-8-5-4-6-9-26/h4-6,8-13,22-24,28H,7,14-21H2,1-3H3,(H,35,36,37)(H2,38,39,41). The molecule has 1 aliphatic heterocycles. The molecule has 1 fully saturated rings. The van der Waals surface area contributed by atoms with E-state index in [4.69, 9.17) is 23.0 Å². The monoisotopic (exact) mass is 678 g/mol. The van der Waals surface area contributed by atoms with Crippen molar-refractivity contribution in [1.82, 2.24) is 14.9 Å². The highest BCUT2D eigenvalue weighted by Gasteiger charge is 2.30. The van der Waals surface area contributed by atoms with Crippen LogP contribution in [-0.4, -0.2) is 81.1 Å². The fraction of sp³-hybridized carbons (Fsp3) is 0.382. The summed E-state index contributed by atoms with van der Waals surface area (Å²) in [4.78, 5) is 23.6. The molecule has 48 heavy (non-hydrogen) atoms. The highest BCUT2D eigenvalue weighted by Crippen LogP contribution is 2.49. The normalized spacial score (nSPS) is 14.1. The van der Waals surface area contributed by atoms with Crippen LogP contribution in [-0.2, 0) is 24.6 Å². The summed E-state index contributed by atoms with van der Waals surface area (Å²) in [6, 6.07) is 20.5. The number of carbonyl (C=O) groups is 1. The number of methoxy groups -OCH3 is 1. The number of rotatable bonds is 16. The first-order valence-corrected chi connectivity index (χ1v) is 17.4. The number of amides is 2. The van der Waals surface area contributed by atoms with Crippen LogP contribution in [0.5, 0.6) is 11.5 Å². The number of urea groups is 1. The summed E-state index contributed by atoms with van der Waals surface area (Å²) in [6.07, 6.45) is 4.49. The summed E-state index contributed by atoms with van der Waals surface area (Å²) in [5, 5.41) is 9.87. The van der Waals surface area contributed by atoms with Crippen molar-refractivity contribution in [2.75, 3.05) is 70.1 Å². The van der Waals surface area contributed by atoms with E-state index in [0.29, 0.717) is 36.2 Å². The quantitative estimate of drug-likeness (QED) is 0.0872. The van der Waals surface area contributed by atoms with E-state index < -0.39 is 7.82 Å². The first-order valence-electron chi connectivity index (χ1n) is 15.9. The lowest BCUT2D eigenvalue weighted by atomic mass is 10.1. The van der Waals surface area contributed by atoms with Crippen molar-refractivity contribution in [2.45, 2.75) is 31.8 Å². The fourth-order valence-electron chi connectivity index (χ4n) is 5.46. The van der Waals surface area contributed by atoms with Crippen LogP contribution in [0.2, 0.25) is 0 Å². The van der Waals surface area contributed by atoms with Crippen LogP contribution in [0.4, 0.5) is 22.0 Å². The minimum atomic E-state index is -3.46. The zero-order chi connectivity index (χ0) is 33.8. The number of likely N-dealkylation sites (tertiary alicyclic amines) is 1. The smallest absolute Gasteiger partial charge is 0.474 e. The lowest BCUT2D eigenvalue weighted by Gasteiger charge is -2.32. The summed E-state index contributed by atoms with van der Waals surface area (Å²) in [5.41, 5.74) is 3.27. The van der Waals surface area contributed by atoms with Crippen molar-refractivity contribution in [2.24, 2.45) is 0 Å². The number of phosphoric ester groups is 1. The van der Waals surface area contributed by atoms with Crippen molar-refractivity contribution in [1.29, 1.82) is 0 Å². The Bertz CT molecular complexity index is 1660. The molecule has 0 saturated carbocycles. The van der Waals surface area contributed by atoms with Gasteiger partial charge in [0.15, 0.2) is 0 Å². The van der Waals surface area contributed by atoms with Gasteiger partial charge in [-0.05, 0) is 55.5 Å². The largest absolute Gasteiger partial charge is 0.496 e. The number of nitrogens with zero attached hydrogens (tertiary/aromatic N) is 3. The van der Waals surface area contributed by atoms with E-state index >= 15 is 0 Å². The number of hydrogen-bond donors (Lipinski definition) is 3. The number of ether oxygens (including phenoxy) is 2. The Balaban J connectivity index is 1.08. The highest BCUT2D eigenvalue weighted by atomic mass is 31.2. The number of benzene rings is 3. The zero-order valence-corrected chi connectivity index (χ0v) is 28.4. The molecule has 3 N–H and O–H groups in total. The van der Waals surface area contributed by atoms with Gasteiger partial charge < -0.3 is 30.3 Å². The third kappa shape index (κ3) is 9.88. The molecule has 256 valence electrons. The average Bonchev–Trinajstić information content (AvgIpc) is 3.11. The van der Waals surface area contributed by atoms with E-state index in [9.17, 15) is 9.36 Å². The number of nitrogens with one attached hydrogen (secondary N) is 3. The molecule has 13 nitrogen and oxygen atoms in total. The maximum Gasteiger partial charge on any atom is 0.474 e. The lowest BCUT2D eigenvalue weighted by Crippen LogP contribution is -2.37. The average molecular weight is 679 g/mol. The van der Waals surface area contributed by atoms with Crippen LogP contribution in [0, 0.1) is 0 Å². The number of fused-ring (bicyclic) bond motifs is 1. The highest BCUT2D eigenvalue weighted by molar-refractivity contribution is 7.48. The summed E-state index contributed by atoms with van der Waals surface area (Å²) in [5.74, 6) is 1.98. The Morgan fingerprint density at radius 1 is 0.938 bits per heavy atom. The fourth-order valence-corrected chi connectivity index (χ4v) is 6.36. The summed E-state index contributed by atoms with van der Waals surface area (Å²) in [6.45, 7) is 3.73. The topological polar surface area (TPSA) is 145 Å². The van der Waals surface area contributed by atoms with E-state index in [0.717, 1.165) is 67.5 Å². The van der Waals surface area contributed by atoms with Crippen LogP contribution in [0.1, 0.15) is 24.8 Å². The molecule has 3 aromatic carbocycles. The molecule has 0 unspecified atom stereocenters. The van der Waals surface area contributed by atoms with Crippen LogP contribution < -0.4 is 25.4 Å². The number of aromatic nitrogens is 2. The maximum absolute atomic E-state index is 12.3. The van der Waals surface area contributed by atoms with E-state index in [2.05, 4.69) is 30.8 Å². The third-order valence-electron chi connectivity index (χ3n) is 7.99. The van der Waals surface area contributed by atoms with Gasteiger partial charge in [0.25, 0.3) is 0 Å². The summed E-state index contributed by atoms with van der Waals surface area (Å²) < 4.78 is 39.4. The second kappa shape index (κ2) is 17.2. The molecular weight excluding hydrogens is 635 g/mol. The second-order valence-electron chi connectivity index (χ2n) is 11.2. The minimum Gasteiger partial charge on any atom is -0.496 e. The van der Waals surface area contributed by atoms with E-state index in [-0.39, 0.29) is 12.1 Å². The Hall–Kier alpha value is -4.26. The van der Waals surface area contributed by atoms with Crippen molar-refractivity contribution < 1.29 is 32.4 Å². The van der Waals surface area contributed by atoms with Gasteiger partial charge in [-0.2, -0.15) is 0 Å². The van der Waals surface area contributed by atoms with Crippen LogP contribution in [0.15, 0.2) is 73.1 Å². The van der Waals surface area contributed by atoms with Gasteiger partial charge in [-0.25, -0.2) is 19.3 Å². The molecular formula is C34H43N6O7P. The SMILES string of the molecule is COc1cc(OCCCN2CCC(OP(=O)(OC)OC)CC2)cc2ncnc(NCCc3ccc(NC(=O)Nc4ccccc4)cc3)c12. The van der Waals surface area contributed by atoms with Crippen LogP contribution in [0.25, 0.3) is 10.9 Å². The minimum absolute atomic E-state index is 0.148. The van der Waals surface area contributed by atoms with E-state index in [1.165, 1.54) is 20.5 Å². The zero-order valence-electron chi connectivity index (χ0n) is 27.5. The van der Waals surface area contributed by atoms with Gasteiger partial charge in [-0.15, -0.1) is 0 Å². The maximum atomic E-state index is 12.3. The van der Waals surface area contributed by atoms with Crippen LogP contribution >= 0.6 is 7.82 Å². The Kier molecular flexibility index (Phi) is 12.6. The molecule has 2 heterocycles. The first-order chi connectivity index (χ1) is 23.4. The van der Waals surface area contributed by atoms with Gasteiger partial charge in [0, 0.05) is 63.9 Å². The van der Waals surface area contributed by atoms with Gasteiger partial charge in [0.05, 0.1) is 30.7 Å². The Labute approximate surface area is 280 Å². The van der Waals surface area contributed by atoms with Gasteiger partial charge >= 0.3 is 13.9 Å². The molecule has 4 aromatic rings. The number of para-hydroxylation sites is 1. The summed E-state index contributed by atoms with van der Waals surface area (Å²) in [7, 11) is 0.812. The van der Waals surface area contributed by atoms with Crippen molar-refractivity contribution in [3.8, 4) is 11.5 Å². The molecule has 0 aliphatic carbocycles. The molecule has 0 spiro atoms. The van der Waals surface area contributed by atoms with Crippen molar-refractivity contribution in [3.05, 3.63) is 78.6 Å². The number of anilines is 3. The lowest BCUT2D eigenvalue weighted by molar-refractivity contribution is 0.0564.